The van der Waals surface area contributed by atoms with Crippen molar-refractivity contribution in [1.29, 1.82) is 0 Å². The maximum absolute atomic E-state index is 2.58. The van der Waals surface area contributed by atoms with Crippen molar-refractivity contribution in [3.05, 3.63) is 77.5 Å². The fourth-order valence-corrected chi connectivity index (χ4v) is 4.80. The fourth-order valence-electron chi connectivity index (χ4n) is 2.85. The Morgan fingerprint density at radius 2 is 1.64 bits per heavy atom. The molecule has 2 heteroatoms. The quantitative estimate of drug-likeness (QED) is 0.554. The van der Waals surface area contributed by atoms with Gasteiger partial charge in [-0.1, -0.05) is 0 Å². The Morgan fingerprint density at radius 1 is 1.00 bits per heavy atom. The summed E-state index contributed by atoms with van der Waals surface area (Å²) in [5.41, 5.74) is 4.47. The average Bonchev–Trinajstić information content (AvgIpc) is 3.34. The third-order valence-corrected chi connectivity index (χ3v) is 6.30. The van der Waals surface area contributed by atoms with E-state index in [2.05, 4.69) is 79.4 Å². The maximum atomic E-state index is 2.58. The Hall–Kier alpha value is -1.50. The van der Waals surface area contributed by atoms with Gasteiger partial charge in [0.2, 0.25) is 0 Å². The monoisotopic (exact) mass is 357 g/mol. The molecule has 1 fully saturated rings. The first kappa shape index (κ1) is 15.4. The van der Waals surface area contributed by atoms with Crippen molar-refractivity contribution in [1.82, 2.24) is 4.90 Å². The van der Waals surface area contributed by atoms with E-state index in [9.17, 15) is 0 Å². The van der Waals surface area contributed by atoms with Crippen LogP contribution in [0.3, 0.4) is 0 Å². The second-order valence-corrected chi connectivity index (χ2v) is 8.40. The van der Waals surface area contributed by atoms with Crippen molar-refractivity contribution >= 4 is 19.4 Å². The third-order valence-electron chi connectivity index (χ3n) is 4.10. The molecule has 3 rings (SSSR count). The molecular formula is C20H23NSe. The van der Waals surface area contributed by atoms with Gasteiger partial charge in [0.15, 0.2) is 0 Å². The van der Waals surface area contributed by atoms with Crippen molar-refractivity contribution < 1.29 is 0 Å². The number of hydrogen-bond acceptors (Lipinski definition) is 1. The molecule has 114 valence electrons. The average molecular weight is 356 g/mol. The van der Waals surface area contributed by atoms with Crippen LogP contribution in [0.4, 0.5) is 0 Å². The van der Waals surface area contributed by atoms with Gasteiger partial charge in [0.25, 0.3) is 0 Å². The molecule has 0 saturated carbocycles. The van der Waals surface area contributed by atoms with E-state index < -0.39 is 0 Å². The molecule has 2 aromatic rings. The van der Waals surface area contributed by atoms with Crippen LogP contribution in [-0.2, 0) is 0 Å². The zero-order valence-electron chi connectivity index (χ0n) is 13.3. The predicted molar refractivity (Wildman–Crippen MR) is 95.5 cm³/mol. The van der Waals surface area contributed by atoms with Crippen LogP contribution in [0.5, 0.6) is 0 Å². The molecule has 1 unspecified atom stereocenters. The van der Waals surface area contributed by atoms with Gasteiger partial charge in [-0.2, -0.15) is 0 Å². The fraction of sp³-hybridized carbons (Fsp3) is 0.300. The second-order valence-electron chi connectivity index (χ2n) is 5.95. The summed E-state index contributed by atoms with van der Waals surface area (Å²) < 4.78 is 1.51. The van der Waals surface area contributed by atoms with Gasteiger partial charge in [-0.25, -0.2) is 0 Å². The summed E-state index contributed by atoms with van der Waals surface area (Å²) in [6, 6.07) is 22.5. The minimum absolute atomic E-state index is 0.552. The van der Waals surface area contributed by atoms with E-state index >= 15 is 0 Å². The zero-order chi connectivity index (χ0) is 15.4. The SMILES string of the molecule is CC(C)=C1CN1C(CC[Se]c1ccccc1)c1ccccc1. The van der Waals surface area contributed by atoms with E-state index in [1.54, 1.807) is 5.70 Å². The molecule has 1 atom stereocenters. The van der Waals surface area contributed by atoms with Crippen LogP contribution in [0.25, 0.3) is 0 Å². The van der Waals surface area contributed by atoms with Crippen LogP contribution in [0.1, 0.15) is 31.9 Å². The summed E-state index contributed by atoms with van der Waals surface area (Å²) >= 11 is 0.579. The Bertz CT molecular complexity index is 629. The normalized spacial score (nSPS) is 14.8. The molecule has 1 aliphatic heterocycles. The molecule has 0 spiro atoms. The Balaban J connectivity index is 1.66. The molecule has 0 aromatic heterocycles. The van der Waals surface area contributed by atoms with E-state index in [1.807, 2.05) is 0 Å². The predicted octanol–water partition coefficient (Wildman–Crippen LogP) is 4.18. The van der Waals surface area contributed by atoms with Crippen molar-refractivity contribution in [2.75, 3.05) is 6.54 Å². The number of benzene rings is 2. The van der Waals surface area contributed by atoms with Crippen LogP contribution >= 0.6 is 0 Å². The topological polar surface area (TPSA) is 3.01 Å². The van der Waals surface area contributed by atoms with Crippen LogP contribution in [0, 0.1) is 0 Å². The van der Waals surface area contributed by atoms with E-state index in [-0.39, 0.29) is 0 Å². The first-order chi connectivity index (χ1) is 10.8. The molecule has 1 heterocycles. The Kier molecular flexibility index (Phi) is 5.02. The molecule has 1 saturated heterocycles. The van der Waals surface area contributed by atoms with E-state index in [0.717, 1.165) is 6.54 Å². The van der Waals surface area contributed by atoms with Gasteiger partial charge < -0.3 is 0 Å². The van der Waals surface area contributed by atoms with Gasteiger partial charge in [0.05, 0.1) is 0 Å². The minimum atomic E-state index is 0.552. The molecule has 0 N–H and O–H groups in total. The summed E-state index contributed by atoms with van der Waals surface area (Å²) in [4.78, 5) is 2.58. The number of hydrogen-bond donors (Lipinski definition) is 0. The Labute approximate surface area is 140 Å². The molecule has 1 nitrogen and oxygen atoms in total. The third kappa shape index (κ3) is 3.82. The molecular weight excluding hydrogens is 333 g/mol. The summed E-state index contributed by atoms with van der Waals surface area (Å²) in [5.74, 6) is 0. The summed E-state index contributed by atoms with van der Waals surface area (Å²) in [6.07, 6.45) is 1.25. The van der Waals surface area contributed by atoms with Crippen molar-refractivity contribution in [3.8, 4) is 0 Å². The van der Waals surface area contributed by atoms with Crippen LogP contribution in [-0.4, -0.2) is 26.4 Å². The van der Waals surface area contributed by atoms with Gasteiger partial charge in [-0.05, 0) is 0 Å². The summed E-state index contributed by atoms with van der Waals surface area (Å²) in [6.45, 7) is 5.61. The van der Waals surface area contributed by atoms with Crippen molar-refractivity contribution in [3.63, 3.8) is 0 Å². The first-order valence-electron chi connectivity index (χ1n) is 7.91. The zero-order valence-corrected chi connectivity index (χ0v) is 15.0. The molecule has 0 amide bonds. The van der Waals surface area contributed by atoms with Gasteiger partial charge in [-0.15, -0.1) is 0 Å². The molecule has 0 bridgehead atoms. The molecule has 2 aromatic carbocycles. The van der Waals surface area contributed by atoms with Gasteiger partial charge >= 0.3 is 140 Å². The molecule has 0 aliphatic carbocycles. The molecule has 1 aliphatic rings. The summed E-state index contributed by atoms with van der Waals surface area (Å²) in [5, 5.41) is 1.29. The molecule has 22 heavy (non-hydrogen) atoms. The van der Waals surface area contributed by atoms with Gasteiger partial charge in [0, 0.05) is 0 Å². The molecule has 0 radical (unpaired) electrons. The summed E-state index contributed by atoms with van der Waals surface area (Å²) in [7, 11) is 0. The van der Waals surface area contributed by atoms with E-state index in [1.165, 1.54) is 27.3 Å². The number of allylic oxidation sites excluding steroid dienone is 1. The van der Waals surface area contributed by atoms with Crippen molar-refractivity contribution in [2.24, 2.45) is 0 Å². The Morgan fingerprint density at radius 3 is 2.23 bits per heavy atom. The van der Waals surface area contributed by atoms with Crippen LogP contribution < -0.4 is 4.46 Å². The number of nitrogens with zero attached hydrogens (tertiary/aromatic N) is 1. The second kappa shape index (κ2) is 7.17. The van der Waals surface area contributed by atoms with Gasteiger partial charge in [0.1, 0.15) is 0 Å². The standard InChI is InChI=1S/C20H23NSe/c1-16(2)20-15-21(20)19(17-9-5-3-6-10-17)13-14-22-18-11-7-4-8-12-18/h3-12,19H,13-15H2,1-2H3. The van der Waals surface area contributed by atoms with Crippen LogP contribution in [0.2, 0.25) is 5.32 Å². The number of rotatable bonds is 6. The van der Waals surface area contributed by atoms with E-state index in [0.29, 0.717) is 21.0 Å². The van der Waals surface area contributed by atoms with Crippen LogP contribution in [0.15, 0.2) is 71.9 Å². The van der Waals surface area contributed by atoms with E-state index in [4.69, 9.17) is 0 Å². The van der Waals surface area contributed by atoms with Crippen molar-refractivity contribution in [2.45, 2.75) is 31.6 Å². The first-order valence-corrected chi connectivity index (χ1v) is 9.98. The van der Waals surface area contributed by atoms with Gasteiger partial charge in [-0.3, -0.25) is 0 Å².